The van der Waals surface area contributed by atoms with E-state index < -0.39 is 5.60 Å². The van der Waals surface area contributed by atoms with Crippen molar-refractivity contribution in [2.24, 2.45) is 0 Å². The van der Waals surface area contributed by atoms with Crippen molar-refractivity contribution in [2.45, 2.75) is 12.0 Å². The van der Waals surface area contributed by atoms with Crippen LogP contribution in [0.1, 0.15) is 16.8 Å². The number of hydrogen-bond acceptors (Lipinski definition) is 5. The van der Waals surface area contributed by atoms with Crippen molar-refractivity contribution in [2.75, 3.05) is 33.7 Å². The molecule has 1 unspecified atom stereocenters. The molecular formula is C28H29N3O4. The fraction of sp³-hybridized carbons (Fsp3) is 0.250. The summed E-state index contributed by atoms with van der Waals surface area (Å²) in [5.41, 5.74) is 2.96. The molecule has 35 heavy (non-hydrogen) atoms. The van der Waals surface area contributed by atoms with Gasteiger partial charge in [0, 0.05) is 30.2 Å². The van der Waals surface area contributed by atoms with Gasteiger partial charge in [0.15, 0.2) is 0 Å². The summed E-state index contributed by atoms with van der Waals surface area (Å²) in [4.78, 5) is 30.1. The molecule has 4 aromatic rings. The van der Waals surface area contributed by atoms with Crippen LogP contribution in [0.2, 0.25) is 0 Å². The van der Waals surface area contributed by atoms with Gasteiger partial charge >= 0.3 is 0 Å². The van der Waals surface area contributed by atoms with Gasteiger partial charge in [-0.3, -0.25) is 14.6 Å². The number of β-amino-alcohol motifs (C(OH)–C–C–N with tert-alkyl or cyclic N) is 1. The van der Waals surface area contributed by atoms with Gasteiger partial charge in [0.05, 0.1) is 17.7 Å². The number of pyridine rings is 1. The van der Waals surface area contributed by atoms with Gasteiger partial charge in [-0.25, -0.2) is 0 Å². The van der Waals surface area contributed by atoms with Crippen LogP contribution in [0.3, 0.4) is 0 Å². The van der Waals surface area contributed by atoms with Gasteiger partial charge in [0.25, 0.3) is 12.4 Å². The summed E-state index contributed by atoms with van der Waals surface area (Å²) < 4.78 is 0. The fourth-order valence-electron chi connectivity index (χ4n) is 4.99. The van der Waals surface area contributed by atoms with Crippen LogP contribution in [0, 0.1) is 0 Å². The highest BCUT2D eigenvalue weighted by Gasteiger charge is 2.39. The predicted molar refractivity (Wildman–Crippen MR) is 137 cm³/mol. The van der Waals surface area contributed by atoms with Crippen molar-refractivity contribution < 1.29 is 19.8 Å². The van der Waals surface area contributed by atoms with E-state index in [1.165, 1.54) is 0 Å². The molecule has 1 fully saturated rings. The van der Waals surface area contributed by atoms with Gasteiger partial charge in [-0.15, -0.1) is 0 Å². The van der Waals surface area contributed by atoms with Crippen LogP contribution < -0.4 is 0 Å². The van der Waals surface area contributed by atoms with Crippen LogP contribution in [0.15, 0.2) is 72.9 Å². The first-order valence-corrected chi connectivity index (χ1v) is 11.5. The Labute approximate surface area is 204 Å². The molecule has 1 aliphatic rings. The maximum atomic E-state index is 13.5. The molecule has 1 atom stereocenters. The number of amides is 1. The molecule has 1 aromatic heterocycles. The number of benzene rings is 3. The smallest absolute Gasteiger partial charge is 0.290 e. The van der Waals surface area contributed by atoms with Gasteiger partial charge in [-0.2, -0.15) is 0 Å². The molecule has 0 saturated carbocycles. The highest BCUT2D eigenvalue weighted by atomic mass is 16.3. The molecule has 7 nitrogen and oxygen atoms in total. The first kappa shape index (κ1) is 24.3. The van der Waals surface area contributed by atoms with E-state index in [0.717, 1.165) is 32.8 Å². The second kappa shape index (κ2) is 10.2. The topological polar surface area (TPSA) is 94.0 Å². The van der Waals surface area contributed by atoms with E-state index in [1.807, 2.05) is 61.5 Å². The van der Waals surface area contributed by atoms with E-state index in [2.05, 4.69) is 29.2 Å². The third-order valence-corrected chi connectivity index (χ3v) is 6.32. The maximum absolute atomic E-state index is 13.5. The Morgan fingerprint density at radius 2 is 1.63 bits per heavy atom. The van der Waals surface area contributed by atoms with E-state index in [1.54, 1.807) is 11.1 Å². The minimum atomic E-state index is -0.856. The molecule has 5 rings (SSSR count). The second-order valence-corrected chi connectivity index (χ2v) is 9.13. The summed E-state index contributed by atoms with van der Waals surface area (Å²) in [6.07, 6.45) is 2.40. The molecule has 3 aromatic carbocycles. The molecule has 1 aliphatic heterocycles. The standard InChI is InChI=1S/C27H27N3O2.CH2O2/c1-29(2)17-27(32)14-16-30(18-27)26(31)24-11-4-8-20-19(7-3-9-22(20)24)21-10-5-13-25-23(21)12-6-15-28-25;2-1-3/h3-13,15,32H,14,16-18H2,1-2H3;1H,(H,2,3). The Balaban J connectivity index is 0.000000917. The van der Waals surface area contributed by atoms with Crippen LogP contribution in [0.5, 0.6) is 0 Å². The zero-order valence-corrected chi connectivity index (χ0v) is 19.9. The lowest BCUT2D eigenvalue weighted by molar-refractivity contribution is -0.122. The first-order chi connectivity index (χ1) is 16.9. The number of fused-ring (bicyclic) bond motifs is 2. The minimum Gasteiger partial charge on any atom is -0.483 e. The molecule has 0 radical (unpaired) electrons. The quantitative estimate of drug-likeness (QED) is 0.439. The summed E-state index contributed by atoms with van der Waals surface area (Å²) in [6.45, 7) is 1.22. The number of likely N-dealkylation sites (tertiary alicyclic amines) is 1. The van der Waals surface area contributed by atoms with E-state index in [-0.39, 0.29) is 12.4 Å². The van der Waals surface area contributed by atoms with Crippen molar-refractivity contribution >= 4 is 34.1 Å². The van der Waals surface area contributed by atoms with Gasteiger partial charge in [0.2, 0.25) is 0 Å². The number of hydrogen-bond donors (Lipinski definition) is 2. The normalized spacial score (nSPS) is 17.4. The van der Waals surface area contributed by atoms with E-state index in [4.69, 9.17) is 9.90 Å². The number of rotatable bonds is 4. The molecule has 2 heterocycles. The second-order valence-electron chi connectivity index (χ2n) is 9.13. The van der Waals surface area contributed by atoms with Gasteiger partial charge in [-0.05, 0) is 60.6 Å². The van der Waals surface area contributed by atoms with Gasteiger partial charge < -0.3 is 20.0 Å². The van der Waals surface area contributed by atoms with Crippen molar-refractivity contribution in [3.8, 4) is 11.1 Å². The largest absolute Gasteiger partial charge is 0.483 e. The van der Waals surface area contributed by atoms with Gasteiger partial charge in [0.1, 0.15) is 0 Å². The van der Waals surface area contributed by atoms with E-state index >= 15 is 0 Å². The number of carbonyl (C=O) groups excluding carboxylic acids is 1. The van der Waals surface area contributed by atoms with Gasteiger partial charge in [-0.1, -0.05) is 48.5 Å². The molecule has 0 bridgehead atoms. The molecule has 7 heteroatoms. The van der Waals surface area contributed by atoms with E-state index in [9.17, 15) is 9.90 Å². The number of aliphatic hydroxyl groups is 1. The van der Waals surface area contributed by atoms with Crippen molar-refractivity contribution in [3.05, 3.63) is 78.5 Å². The van der Waals surface area contributed by atoms with Crippen molar-refractivity contribution in [1.29, 1.82) is 0 Å². The molecule has 0 spiro atoms. The van der Waals surface area contributed by atoms with Crippen LogP contribution in [-0.4, -0.2) is 76.7 Å². The van der Waals surface area contributed by atoms with Crippen LogP contribution in [0.25, 0.3) is 32.8 Å². The van der Waals surface area contributed by atoms with Crippen LogP contribution in [0.4, 0.5) is 0 Å². The molecule has 1 saturated heterocycles. The zero-order valence-electron chi connectivity index (χ0n) is 19.9. The maximum Gasteiger partial charge on any atom is 0.290 e. The van der Waals surface area contributed by atoms with E-state index in [0.29, 0.717) is 31.6 Å². The number of carboxylic acid groups (broad SMARTS) is 1. The average molecular weight is 472 g/mol. The number of carbonyl (C=O) groups is 2. The minimum absolute atomic E-state index is 0.0259. The van der Waals surface area contributed by atoms with Crippen molar-refractivity contribution in [1.82, 2.24) is 14.8 Å². The zero-order chi connectivity index (χ0) is 25.0. The Morgan fingerprint density at radius 3 is 2.37 bits per heavy atom. The summed E-state index contributed by atoms with van der Waals surface area (Å²) in [5, 5.41) is 20.8. The Morgan fingerprint density at radius 1 is 1.00 bits per heavy atom. The summed E-state index contributed by atoms with van der Waals surface area (Å²) in [5.74, 6) is -0.0259. The summed E-state index contributed by atoms with van der Waals surface area (Å²) >= 11 is 0. The Kier molecular flexibility index (Phi) is 7.10. The molecule has 1 amide bonds. The summed E-state index contributed by atoms with van der Waals surface area (Å²) in [6, 6.07) is 22.2. The SMILES string of the molecule is CN(C)CC1(O)CCN(C(=O)c2cccc3c(-c4cccc5ncccc45)cccc23)C1.O=CO. The third kappa shape index (κ3) is 5.01. The molecule has 180 valence electrons. The number of nitrogens with zero attached hydrogens (tertiary/aromatic N) is 3. The highest BCUT2D eigenvalue weighted by molar-refractivity contribution is 6.12. The van der Waals surface area contributed by atoms with Crippen LogP contribution >= 0.6 is 0 Å². The Hall–Kier alpha value is -3.81. The van der Waals surface area contributed by atoms with Crippen LogP contribution in [-0.2, 0) is 4.79 Å². The molecule has 0 aliphatic carbocycles. The number of aromatic nitrogens is 1. The predicted octanol–water partition coefficient (Wildman–Crippen LogP) is 3.89. The molecular weight excluding hydrogens is 442 g/mol. The highest BCUT2D eigenvalue weighted by Crippen LogP contribution is 2.35. The fourth-order valence-corrected chi connectivity index (χ4v) is 4.99. The third-order valence-electron chi connectivity index (χ3n) is 6.32. The lowest BCUT2D eigenvalue weighted by Gasteiger charge is -2.26. The first-order valence-electron chi connectivity index (χ1n) is 11.5. The lowest BCUT2D eigenvalue weighted by Crippen LogP contribution is -2.43. The Bertz CT molecular complexity index is 1370. The average Bonchev–Trinajstić information content (AvgIpc) is 3.23. The summed E-state index contributed by atoms with van der Waals surface area (Å²) in [7, 11) is 3.88. The lowest BCUT2D eigenvalue weighted by atomic mass is 9.93. The monoisotopic (exact) mass is 471 g/mol. The number of likely N-dealkylation sites (N-methyl/N-ethyl adjacent to an activating group) is 1. The van der Waals surface area contributed by atoms with Crippen molar-refractivity contribution in [3.63, 3.8) is 0 Å². The molecule has 2 N–H and O–H groups in total.